The second kappa shape index (κ2) is 4.33. The summed E-state index contributed by atoms with van der Waals surface area (Å²) in [7, 11) is 2.04. The van der Waals surface area contributed by atoms with Gasteiger partial charge in [0.2, 0.25) is 0 Å². The molecule has 2 rings (SSSR count). The van der Waals surface area contributed by atoms with Crippen LogP contribution in [0.2, 0.25) is 0 Å². The normalized spacial score (nSPS) is 24.6. The fourth-order valence-corrected chi connectivity index (χ4v) is 2.20. The SMILES string of the molecule is CC(N)C1CCN(Cc2cncn2C)C1. The van der Waals surface area contributed by atoms with Gasteiger partial charge in [-0.2, -0.15) is 0 Å². The lowest BCUT2D eigenvalue weighted by molar-refractivity contribution is 0.302. The van der Waals surface area contributed by atoms with Crippen molar-refractivity contribution in [3.8, 4) is 0 Å². The van der Waals surface area contributed by atoms with Gasteiger partial charge < -0.3 is 10.3 Å². The van der Waals surface area contributed by atoms with Gasteiger partial charge in [-0.1, -0.05) is 0 Å². The van der Waals surface area contributed by atoms with E-state index < -0.39 is 0 Å². The van der Waals surface area contributed by atoms with Crippen LogP contribution < -0.4 is 5.73 Å². The number of imidazole rings is 1. The Labute approximate surface area is 91.1 Å². The van der Waals surface area contributed by atoms with Crippen LogP contribution in [0.5, 0.6) is 0 Å². The van der Waals surface area contributed by atoms with Gasteiger partial charge in [-0.15, -0.1) is 0 Å². The van der Waals surface area contributed by atoms with Crippen molar-refractivity contribution in [1.82, 2.24) is 14.5 Å². The molecule has 1 fully saturated rings. The van der Waals surface area contributed by atoms with Gasteiger partial charge in [-0.05, 0) is 25.8 Å². The Balaban J connectivity index is 1.90. The van der Waals surface area contributed by atoms with Crippen molar-refractivity contribution in [2.24, 2.45) is 18.7 Å². The highest BCUT2D eigenvalue weighted by atomic mass is 15.2. The fourth-order valence-electron chi connectivity index (χ4n) is 2.20. The van der Waals surface area contributed by atoms with Gasteiger partial charge in [0, 0.05) is 32.4 Å². The Kier molecular flexibility index (Phi) is 3.07. The van der Waals surface area contributed by atoms with Gasteiger partial charge in [0.15, 0.2) is 0 Å². The minimum absolute atomic E-state index is 0.321. The van der Waals surface area contributed by atoms with Crippen molar-refractivity contribution < 1.29 is 0 Å². The smallest absolute Gasteiger partial charge is 0.0945 e. The summed E-state index contributed by atoms with van der Waals surface area (Å²) in [5, 5.41) is 0. The van der Waals surface area contributed by atoms with Crippen molar-refractivity contribution in [2.75, 3.05) is 13.1 Å². The van der Waals surface area contributed by atoms with Crippen LogP contribution in [-0.2, 0) is 13.6 Å². The molecule has 0 aliphatic carbocycles. The zero-order valence-corrected chi connectivity index (χ0v) is 9.56. The molecule has 0 aromatic carbocycles. The van der Waals surface area contributed by atoms with E-state index in [1.807, 2.05) is 19.6 Å². The van der Waals surface area contributed by atoms with E-state index in [1.165, 1.54) is 12.1 Å². The molecule has 0 saturated carbocycles. The molecule has 1 aromatic rings. The first-order valence-corrected chi connectivity index (χ1v) is 5.60. The molecule has 15 heavy (non-hydrogen) atoms. The molecule has 1 aliphatic rings. The highest BCUT2D eigenvalue weighted by Gasteiger charge is 2.25. The van der Waals surface area contributed by atoms with Gasteiger partial charge >= 0.3 is 0 Å². The quantitative estimate of drug-likeness (QED) is 0.791. The lowest BCUT2D eigenvalue weighted by Gasteiger charge is -2.17. The number of aryl methyl sites for hydroxylation is 1. The summed E-state index contributed by atoms with van der Waals surface area (Å²) in [6.45, 7) is 5.40. The summed E-state index contributed by atoms with van der Waals surface area (Å²) < 4.78 is 2.08. The van der Waals surface area contributed by atoms with Crippen LogP contribution in [0.4, 0.5) is 0 Å². The molecule has 0 radical (unpaired) electrons. The van der Waals surface area contributed by atoms with E-state index in [0.717, 1.165) is 19.6 Å². The molecule has 1 aliphatic heterocycles. The Morgan fingerprint density at radius 2 is 2.47 bits per heavy atom. The Bertz CT molecular complexity index is 318. The van der Waals surface area contributed by atoms with E-state index in [9.17, 15) is 0 Å². The molecule has 4 heteroatoms. The third kappa shape index (κ3) is 2.38. The van der Waals surface area contributed by atoms with Crippen LogP contribution in [0, 0.1) is 5.92 Å². The fraction of sp³-hybridized carbons (Fsp3) is 0.727. The summed E-state index contributed by atoms with van der Waals surface area (Å²) in [6, 6.07) is 0.321. The van der Waals surface area contributed by atoms with Gasteiger partial charge in [-0.25, -0.2) is 4.98 Å². The number of aromatic nitrogens is 2. The first kappa shape index (κ1) is 10.6. The maximum Gasteiger partial charge on any atom is 0.0945 e. The molecule has 0 amide bonds. The van der Waals surface area contributed by atoms with Gasteiger partial charge in [0.1, 0.15) is 0 Å². The van der Waals surface area contributed by atoms with Crippen LogP contribution >= 0.6 is 0 Å². The summed E-state index contributed by atoms with van der Waals surface area (Å²) in [6.07, 6.45) is 5.03. The number of hydrogen-bond acceptors (Lipinski definition) is 3. The molecule has 1 aromatic heterocycles. The molecule has 0 bridgehead atoms. The molecule has 1 saturated heterocycles. The summed E-state index contributed by atoms with van der Waals surface area (Å²) >= 11 is 0. The van der Waals surface area contributed by atoms with Crippen molar-refractivity contribution in [3.63, 3.8) is 0 Å². The Morgan fingerprint density at radius 1 is 1.67 bits per heavy atom. The van der Waals surface area contributed by atoms with Gasteiger partial charge in [0.25, 0.3) is 0 Å². The predicted molar refractivity (Wildman–Crippen MR) is 60.2 cm³/mol. The molecular weight excluding hydrogens is 188 g/mol. The summed E-state index contributed by atoms with van der Waals surface area (Å²) in [4.78, 5) is 6.59. The zero-order valence-electron chi connectivity index (χ0n) is 9.56. The summed E-state index contributed by atoms with van der Waals surface area (Å²) in [5.41, 5.74) is 7.20. The highest BCUT2D eigenvalue weighted by molar-refractivity contribution is 4.98. The second-order valence-corrected chi connectivity index (χ2v) is 4.64. The summed E-state index contributed by atoms with van der Waals surface area (Å²) in [5.74, 6) is 0.665. The minimum atomic E-state index is 0.321. The van der Waals surface area contributed by atoms with Crippen molar-refractivity contribution in [1.29, 1.82) is 0 Å². The molecule has 2 unspecified atom stereocenters. The molecule has 2 N–H and O–H groups in total. The molecule has 0 spiro atoms. The Morgan fingerprint density at radius 3 is 3.00 bits per heavy atom. The lowest BCUT2D eigenvalue weighted by atomic mass is 10.0. The average Bonchev–Trinajstić information content (AvgIpc) is 2.77. The molecule has 2 heterocycles. The van der Waals surface area contributed by atoms with Crippen LogP contribution in [-0.4, -0.2) is 33.6 Å². The standard InChI is InChI=1S/C11H20N4/c1-9(12)10-3-4-15(6-10)7-11-5-13-8-14(11)2/h5,8-10H,3-4,6-7,12H2,1-2H3. The highest BCUT2D eigenvalue weighted by Crippen LogP contribution is 2.20. The monoisotopic (exact) mass is 208 g/mol. The van der Waals surface area contributed by atoms with E-state index in [1.54, 1.807) is 0 Å². The lowest BCUT2D eigenvalue weighted by Crippen LogP contribution is -2.29. The van der Waals surface area contributed by atoms with Crippen LogP contribution in [0.1, 0.15) is 19.0 Å². The van der Waals surface area contributed by atoms with Crippen LogP contribution in [0.15, 0.2) is 12.5 Å². The van der Waals surface area contributed by atoms with E-state index >= 15 is 0 Å². The van der Waals surface area contributed by atoms with E-state index in [-0.39, 0.29) is 0 Å². The molecule has 84 valence electrons. The van der Waals surface area contributed by atoms with Gasteiger partial charge in [0.05, 0.1) is 12.0 Å². The van der Waals surface area contributed by atoms with E-state index in [2.05, 4.69) is 21.4 Å². The van der Waals surface area contributed by atoms with Gasteiger partial charge in [-0.3, -0.25) is 4.90 Å². The first-order chi connectivity index (χ1) is 7.16. The van der Waals surface area contributed by atoms with Crippen LogP contribution in [0.3, 0.4) is 0 Å². The maximum absolute atomic E-state index is 5.92. The number of rotatable bonds is 3. The van der Waals surface area contributed by atoms with E-state index in [0.29, 0.717) is 12.0 Å². The zero-order chi connectivity index (χ0) is 10.8. The third-order valence-electron chi connectivity index (χ3n) is 3.35. The number of likely N-dealkylation sites (tertiary alicyclic amines) is 1. The molecule has 4 nitrogen and oxygen atoms in total. The molecular formula is C11H20N4. The van der Waals surface area contributed by atoms with Crippen molar-refractivity contribution in [3.05, 3.63) is 18.2 Å². The third-order valence-corrected chi connectivity index (χ3v) is 3.35. The number of hydrogen-bond donors (Lipinski definition) is 1. The topological polar surface area (TPSA) is 47.1 Å². The predicted octanol–water partition coefficient (Wildman–Crippen LogP) is 0.589. The molecule has 2 atom stereocenters. The first-order valence-electron chi connectivity index (χ1n) is 5.60. The van der Waals surface area contributed by atoms with Crippen LogP contribution in [0.25, 0.3) is 0 Å². The number of nitrogens with zero attached hydrogens (tertiary/aromatic N) is 3. The largest absolute Gasteiger partial charge is 0.337 e. The number of nitrogens with two attached hydrogens (primary N) is 1. The second-order valence-electron chi connectivity index (χ2n) is 4.64. The minimum Gasteiger partial charge on any atom is -0.337 e. The average molecular weight is 208 g/mol. The van der Waals surface area contributed by atoms with E-state index in [4.69, 9.17) is 5.73 Å². The van der Waals surface area contributed by atoms with Crippen molar-refractivity contribution in [2.45, 2.75) is 25.9 Å². The van der Waals surface area contributed by atoms with Crippen molar-refractivity contribution >= 4 is 0 Å². The maximum atomic E-state index is 5.92. The Hall–Kier alpha value is -0.870.